The van der Waals surface area contributed by atoms with Crippen LogP contribution >= 0.6 is 0 Å². The highest BCUT2D eigenvalue weighted by Crippen LogP contribution is 2.35. The molecular formula is C10H17N3O. The van der Waals surface area contributed by atoms with Gasteiger partial charge in [-0.05, 0) is 26.7 Å². The van der Waals surface area contributed by atoms with Crippen LogP contribution in [0.4, 0.5) is 0 Å². The van der Waals surface area contributed by atoms with Gasteiger partial charge >= 0.3 is 0 Å². The zero-order chi connectivity index (χ0) is 10.2. The lowest BCUT2D eigenvalue weighted by Crippen LogP contribution is -2.27. The number of aromatic nitrogens is 3. The first-order chi connectivity index (χ1) is 6.62. The first-order valence-corrected chi connectivity index (χ1v) is 5.06. The third kappa shape index (κ3) is 1.95. The molecule has 1 aromatic heterocycles. The van der Waals surface area contributed by atoms with Gasteiger partial charge in [0.1, 0.15) is 12.2 Å². The fraction of sp³-hybridized carbons (Fsp3) is 0.800. The standard InChI is InChI=1S/C10H17N3O/c1-10(2,14-3)6-9-12-11-7-13(9)8-4-5-8/h7-8H,4-6H2,1-3H3. The van der Waals surface area contributed by atoms with Crippen molar-refractivity contribution in [2.45, 2.75) is 44.8 Å². The van der Waals surface area contributed by atoms with Crippen molar-refractivity contribution in [2.24, 2.45) is 0 Å². The maximum Gasteiger partial charge on any atom is 0.135 e. The van der Waals surface area contributed by atoms with E-state index in [2.05, 4.69) is 28.6 Å². The lowest BCUT2D eigenvalue weighted by atomic mass is 10.1. The van der Waals surface area contributed by atoms with Crippen LogP contribution in [0, 0.1) is 0 Å². The van der Waals surface area contributed by atoms with E-state index in [1.54, 1.807) is 7.11 Å². The summed E-state index contributed by atoms with van der Waals surface area (Å²) < 4.78 is 7.57. The molecule has 14 heavy (non-hydrogen) atoms. The van der Waals surface area contributed by atoms with Crippen LogP contribution < -0.4 is 0 Å². The van der Waals surface area contributed by atoms with E-state index in [-0.39, 0.29) is 5.60 Å². The minimum absolute atomic E-state index is 0.153. The molecule has 1 heterocycles. The van der Waals surface area contributed by atoms with Gasteiger partial charge in [-0.3, -0.25) is 0 Å². The molecule has 0 saturated heterocycles. The predicted molar refractivity (Wildman–Crippen MR) is 53.1 cm³/mol. The Morgan fingerprint density at radius 1 is 1.57 bits per heavy atom. The molecule has 0 amide bonds. The summed E-state index contributed by atoms with van der Waals surface area (Å²) in [6, 6.07) is 0.646. The minimum Gasteiger partial charge on any atom is -0.378 e. The first kappa shape index (κ1) is 9.65. The highest BCUT2D eigenvalue weighted by atomic mass is 16.5. The Morgan fingerprint density at radius 3 is 2.86 bits per heavy atom. The number of rotatable bonds is 4. The average Bonchev–Trinajstić information content (AvgIpc) is 2.88. The quantitative estimate of drug-likeness (QED) is 0.732. The Hall–Kier alpha value is -0.900. The molecule has 1 fully saturated rings. The summed E-state index contributed by atoms with van der Waals surface area (Å²) in [4.78, 5) is 0. The van der Waals surface area contributed by atoms with Gasteiger partial charge in [-0.15, -0.1) is 10.2 Å². The van der Waals surface area contributed by atoms with Crippen LogP contribution in [0.15, 0.2) is 6.33 Å². The van der Waals surface area contributed by atoms with Crippen molar-refractivity contribution in [1.82, 2.24) is 14.8 Å². The van der Waals surface area contributed by atoms with Crippen molar-refractivity contribution in [3.63, 3.8) is 0 Å². The predicted octanol–water partition coefficient (Wildman–Crippen LogP) is 1.58. The minimum atomic E-state index is -0.153. The van der Waals surface area contributed by atoms with E-state index >= 15 is 0 Å². The van der Waals surface area contributed by atoms with Gasteiger partial charge in [0.15, 0.2) is 0 Å². The topological polar surface area (TPSA) is 39.9 Å². The van der Waals surface area contributed by atoms with Crippen LogP contribution in [0.1, 0.15) is 38.6 Å². The van der Waals surface area contributed by atoms with Gasteiger partial charge in [0.25, 0.3) is 0 Å². The molecule has 2 rings (SSSR count). The lowest BCUT2D eigenvalue weighted by molar-refractivity contribution is 0.0208. The van der Waals surface area contributed by atoms with Gasteiger partial charge in [-0.2, -0.15) is 0 Å². The highest BCUT2D eigenvalue weighted by Gasteiger charge is 2.28. The third-order valence-corrected chi connectivity index (χ3v) is 2.72. The number of nitrogens with zero attached hydrogens (tertiary/aromatic N) is 3. The second-order valence-corrected chi connectivity index (χ2v) is 4.53. The van der Waals surface area contributed by atoms with Crippen LogP contribution in [0.2, 0.25) is 0 Å². The molecule has 1 aliphatic carbocycles. The van der Waals surface area contributed by atoms with E-state index in [9.17, 15) is 0 Å². The molecule has 0 aromatic carbocycles. The maximum absolute atomic E-state index is 5.39. The Balaban J connectivity index is 2.11. The van der Waals surface area contributed by atoms with Crippen molar-refractivity contribution < 1.29 is 4.74 Å². The molecule has 1 saturated carbocycles. The van der Waals surface area contributed by atoms with E-state index < -0.39 is 0 Å². The second-order valence-electron chi connectivity index (χ2n) is 4.53. The summed E-state index contributed by atoms with van der Waals surface area (Å²) in [5.41, 5.74) is -0.153. The van der Waals surface area contributed by atoms with Crippen molar-refractivity contribution in [1.29, 1.82) is 0 Å². The van der Waals surface area contributed by atoms with Crippen LogP contribution in [-0.4, -0.2) is 27.5 Å². The highest BCUT2D eigenvalue weighted by molar-refractivity contribution is 4.98. The monoisotopic (exact) mass is 195 g/mol. The van der Waals surface area contributed by atoms with E-state index in [1.165, 1.54) is 12.8 Å². The van der Waals surface area contributed by atoms with Crippen LogP contribution in [-0.2, 0) is 11.2 Å². The molecule has 1 aromatic rings. The van der Waals surface area contributed by atoms with Gasteiger partial charge in [0.2, 0.25) is 0 Å². The number of methoxy groups -OCH3 is 1. The zero-order valence-electron chi connectivity index (χ0n) is 9.03. The Bertz CT molecular complexity index is 315. The van der Waals surface area contributed by atoms with Crippen LogP contribution in [0.25, 0.3) is 0 Å². The summed E-state index contributed by atoms with van der Waals surface area (Å²) in [7, 11) is 1.73. The molecule has 0 N–H and O–H groups in total. The summed E-state index contributed by atoms with van der Waals surface area (Å²) in [6.45, 7) is 4.14. The number of ether oxygens (including phenoxy) is 1. The van der Waals surface area contributed by atoms with Crippen LogP contribution in [0.3, 0.4) is 0 Å². The second kappa shape index (κ2) is 3.35. The molecule has 0 radical (unpaired) electrons. The van der Waals surface area contributed by atoms with Crippen molar-refractivity contribution >= 4 is 0 Å². The fourth-order valence-corrected chi connectivity index (χ4v) is 1.50. The first-order valence-electron chi connectivity index (χ1n) is 5.06. The SMILES string of the molecule is COC(C)(C)Cc1nncn1C1CC1. The van der Waals surface area contributed by atoms with Gasteiger partial charge in [-0.25, -0.2) is 0 Å². The molecule has 0 bridgehead atoms. The van der Waals surface area contributed by atoms with Crippen molar-refractivity contribution in [3.8, 4) is 0 Å². The van der Waals surface area contributed by atoms with Crippen LogP contribution in [0.5, 0.6) is 0 Å². The molecule has 4 nitrogen and oxygen atoms in total. The van der Waals surface area contributed by atoms with Gasteiger partial charge in [0, 0.05) is 19.6 Å². The lowest BCUT2D eigenvalue weighted by Gasteiger charge is -2.22. The summed E-state index contributed by atoms with van der Waals surface area (Å²) in [5, 5.41) is 8.10. The number of hydrogen-bond acceptors (Lipinski definition) is 3. The van der Waals surface area contributed by atoms with Crippen molar-refractivity contribution in [2.75, 3.05) is 7.11 Å². The maximum atomic E-state index is 5.39. The molecule has 0 atom stereocenters. The van der Waals surface area contributed by atoms with E-state index in [0.29, 0.717) is 6.04 Å². The van der Waals surface area contributed by atoms with Crippen molar-refractivity contribution in [3.05, 3.63) is 12.2 Å². The average molecular weight is 195 g/mol. The molecule has 0 aliphatic heterocycles. The molecule has 0 unspecified atom stereocenters. The van der Waals surface area contributed by atoms with Gasteiger partial charge in [0.05, 0.1) is 5.60 Å². The van der Waals surface area contributed by atoms with Gasteiger partial charge < -0.3 is 9.30 Å². The fourth-order valence-electron chi connectivity index (χ4n) is 1.50. The molecule has 1 aliphatic rings. The Kier molecular flexibility index (Phi) is 2.31. The Morgan fingerprint density at radius 2 is 2.29 bits per heavy atom. The molecule has 0 spiro atoms. The smallest absolute Gasteiger partial charge is 0.135 e. The summed E-state index contributed by atoms with van der Waals surface area (Å²) in [5.74, 6) is 1.04. The summed E-state index contributed by atoms with van der Waals surface area (Å²) >= 11 is 0. The number of hydrogen-bond donors (Lipinski definition) is 0. The molecule has 4 heteroatoms. The van der Waals surface area contributed by atoms with E-state index in [0.717, 1.165) is 12.2 Å². The Labute approximate surface area is 84.3 Å². The third-order valence-electron chi connectivity index (χ3n) is 2.72. The van der Waals surface area contributed by atoms with E-state index in [4.69, 9.17) is 4.74 Å². The molecular weight excluding hydrogens is 178 g/mol. The normalized spacial score (nSPS) is 17.4. The zero-order valence-corrected chi connectivity index (χ0v) is 9.03. The largest absolute Gasteiger partial charge is 0.378 e. The summed E-state index contributed by atoms with van der Waals surface area (Å²) in [6.07, 6.45) is 5.18. The van der Waals surface area contributed by atoms with E-state index in [1.807, 2.05) is 6.33 Å². The van der Waals surface area contributed by atoms with Gasteiger partial charge in [-0.1, -0.05) is 0 Å². The molecule has 78 valence electrons.